The molecule has 0 atom stereocenters. The topological polar surface area (TPSA) is 90.7 Å². The molecule has 2 aromatic carbocycles. The van der Waals surface area contributed by atoms with E-state index in [0.29, 0.717) is 21.1 Å². The number of thiazole rings is 1. The summed E-state index contributed by atoms with van der Waals surface area (Å²) in [5, 5.41) is 4.17. The SMILES string of the molecule is COc1ccc2nc(NC(=O)COc3cc4oc(=O)cc(C)c4cc3Cl)sc2c1. The molecule has 1 amide bonds. The molecule has 0 fully saturated rings. The van der Waals surface area contributed by atoms with Crippen LogP contribution in [0.15, 0.2) is 45.6 Å². The van der Waals surface area contributed by atoms with Crippen LogP contribution in [0.2, 0.25) is 5.02 Å². The Morgan fingerprint density at radius 2 is 2.10 bits per heavy atom. The molecule has 2 aromatic heterocycles. The summed E-state index contributed by atoms with van der Waals surface area (Å²) in [5.41, 5.74) is 1.38. The second kappa shape index (κ2) is 7.73. The monoisotopic (exact) mass is 430 g/mol. The maximum atomic E-state index is 12.3. The lowest BCUT2D eigenvalue weighted by atomic mass is 10.1. The molecule has 4 aromatic rings. The lowest BCUT2D eigenvalue weighted by molar-refractivity contribution is -0.118. The van der Waals surface area contributed by atoms with Crippen molar-refractivity contribution in [3.63, 3.8) is 0 Å². The van der Waals surface area contributed by atoms with E-state index in [4.69, 9.17) is 25.5 Å². The summed E-state index contributed by atoms with van der Waals surface area (Å²) in [7, 11) is 1.59. The molecule has 148 valence electrons. The Hall–Kier alpha value is -3.10. The number of anilines is 1. The number of carbonyl (C=O) groups is 1. The number of fused-ring (bicyclic) bond motifs is 2. The van der Waals surface area contributed by atoms with Crippen molar-refractivity contribution in [3.05, 3.63) is 57.4 Å². The number of rotatable bonds is 5. The van der Waals surface area contributed by atoms with Crippen LogP contribution >= 0.6 is 22.9 Å². The molecule has 2 heterocycles. The number of aromatic nitrogens is 1. The Morgan fingerprint density at radius 3 is 2.90 bits per heavy atom. The lowest BCUT2D eigenvalue weighted by Crippen LogP contribution is -2.20. The molecule has 0 aliphatic rings. The van der Waals surface area contributed by atoms with E-state index in [1.54, 1.807) is 26.2 Å². The number of hydrogen-bond acceptors (Lipinski definition) is 7. The van der Waals surface area contributed by atoms with Gasteiger partial charge in [-0.05, 0) is 36.8 Å². The van der Waals surface area contributed by atoms with Gasteiger partial charge in [-0.2, -0.15) is 0 Å². The Labute approximate surface area is 173 Å². The van der Waals surface area contributed by atoms with E-state index in [-0.39, 0.29) is 12.4 Å². The fraction of sp³-hybridized carbons (Fsp3) is 0.150. The van der Waals surface area contributed by atoms with Crippen LogP contribution in [0.1, 0.15) is 5.56 Å². The van der Waals surface area contributed by atoms with Crippen molar-refractivity contribution in [3.8, 4) is 11.5 Å². The number of methoxy groups -OCH3 is 1. The number of ether oxygens (including phenoxy) is 2. The summed E-state index contributed by atoms with van der Waals surface area (Å²) in [5.74, 6) is 0.574. The van der Waals surface area contributed by atoms with Crippen LogP contribution in [0.25, 0.3) is 21.2 Å². The number of carbonyl (C=O) groups excluding carboxylic acids is 1. The van der Waals surface area contributed by atoms with Gasteiger partial charge in [0.25, 0.3) is 5.91 Å². The van der Waals surface area contributed by atoms with Gasteiger partial charge in [-0.15, -0.1) is 0 Å². The Bertz CT molecular complexity index is 1300. The van der Waals surface area contributed by atoms with Gasteiger partial charge in [-0.3, -0.25) is 10.1 Å². The summed E-state index contributed by atoms with van der Waals surface area (Å²) in [6, 6.07) is 10.0. The van der Waals surface area contributed by atoms with Crippen molar-refractivity contribution in [2.45, 2.75) is 6.92 Å². The number of amides is 1. The third kappa shape index (κ3) is 4.03. The van der Waals surface area contributed by atoms with Gasteiger partial charge in [0.15, 0.2) is 11.7 Å². The molecule has 7 nitrogen and oxygen atoms in total. The van der Waals surface area contributed by atoms with Gasteiger partial charge in [0, 0.05) is 17.5 Å². The minimum Gasteiger partial charge on any atom is -0.497 e. The van der Waals surface area contributed by atoms with E-state index < -0.39 is 11.5 Å². The molecule has 9 heteroatoms. The molecule has 4 rings (SSSR count). The zero-order valence-electron chi connectivity index (χ0n) is 15.4. The van der Waals surface area contributed by atoms with Crippen molar-refractivity contribution in [1.29, 1.82) is 0 Å². The van der Waals surface area contributed by atoms with E-state index in [2.05, 4.69) is 10.3 Å². The Kier molecular flexibility index (Phi) is 5.12. The molecule has 1 N–H and O–H groups in total. The molecular weight excluding hydrogens is 416 g/mol. The smallest absolute Gasteiger partial charge is 0.336 e. The van der Waals surface area contributed by atoms with E-state index in [1.165, 1.54) is 23.5 Å². The van der Waals surface area contributed by atoms with Crippen LogP contribution in [0.4, 0.5) is 5.13 Å². The summed E-state index contributed by atoms with van der Waals surface area (Å²) < 4.78 is 16.8. The van der Waals surface area contributed by atoms with Gasteiger partial charge in [0.1, 0.15) is 17.1 Å². The zero-order valence-corrected chi connectivity index (χ0v) is 17.0. The zero-order chi connectivity index (χ0) is 20.5. The van der Waals surface area contributed by atoms with Crippen molar-refractivity contribution in [2.24, 2.45) is 0 Å². The van der Waals surface area contributed by atoms with Gasteiger partial charge >= 0.3 is 5.63 Å². The maximum absolute atomic E-state index is 12.3. The third-order valence-electron chi connectivity index (χ3n) is 4.20. The van der Waals surface area contributed by atoms with E-state index in [1.807, 2.05) is 12.1 Å². The molecule has 29 heavy (non-hydrogen) atoms. The van der Waals surface area contributed by atoms with Crippen LogP contribution in [0.5, 0.6) is 11.5 Å². The van der Waals surface area contributed by atoms with Gasteiger partial charge in [0.05, 0.1) is 22.3 Å². The molecule has 0 unspecified atom stereocenters. The minimum absolute atomic E-state index is 0.247. The van der Waals surface area contributed by atoms with Crippen LogP contribution < -0.4 is 20.4 Å². The predicted molar refractivity (Wildman–Crippen MR) is 113 cm³/mol. The first-order valence-electron chi connectivity index (χ1n) is 8.54. The molecule has 0 radical (unpaired) electrons. The number of hydrogen-bond donors (Lipinski definition) is 1. The molecular formula is C20H15ClN2O5S. The van der Waals surface area contributed by atoms with Crippen molar-refractivity contribution in [2.75, 3.05) is 19.0 Å². The summed E-state index contributed by atoms with van der Waals surface area (Å²) >= 11 is 7.57. The second-order valence-electron chi connectivity index (χ2n) is 6.22. The number of nitrogens with one attached hydrogen (secondary N) is 1. The highest BCUT2D eigenvalue weighted by atomic mass is 35.5. The van der Waals surface area contributed by atoms with Crippen LogP contribution in [0.3, 0.4) is 0 Å². The van der Waals surface area contributed by atoms with Crippen molar-refractivity contribution >= 4 is 55.2 Å². The normalized spacial score (nSPS) is 11.0. The largest absolute Gasteiger partial charge is 0.497 e. The van der Waals surface area contributed by atoms with Crippen LogP contribution in [-0.4, -0.2) is 24.6 Å². The summed E-state index contributed by atoms with van der Waals surface area (Å²) in [4.78, 5) is 28.2. The average Bonchev–Trinajstić information content (AvgIpc) is 3.08. The quantitative estimate of drug-likeness (QED) is 0.472. The number of halogens is 1. The Balaban J connectivity index is 1.48. The highest BCUT2D eigenvalue weighted by molar-refractivity contribution is 7.22. The standard InChI is InChI=1S/C20H15ClN2O5S/c1-10-5-19(25)28-15-8-16(13(21)7-12(10)15)27-9-18(24)23-20-22-14-4-3-11(26-2)6-17(14)29-20/h3-8H,9H2,1-2H3,(H,22,23,24). The molecule has 0 aliphatic heterocycles. The maximum Gasteiger partial charge on any atom is 0.336 e. The second-order valence-corrected chi connectivity index (χ2v) is 7.65. The molecule has 0 saturated heterocycles. The highest BCUT2D eigenvalue weighted by Crippen LogP contribution is 2.31. The van der Waals surface area contributed by atoms with E-state index in [9.17, 15) is 9.59 Å². The predicted octanol–water partition coefficient (Wildman–Crippen LogP) is 4.39. The number of aryl methyl sites for hydroxylation is 1. The van der Waals surface area contributed by atoms with Gasteiger partial charge in [-0.1, -0.05) is 22.9 Å². The fourth-order valence-electron chi connectivity index (χ4n) is 2.81. The average molecular weight is 431 g/mol. The van der Waals surface area contributed by atoms with E-state index >= 15 is 0 Å². The Morgan fingerprint density at radius 1 is 1.28 bits per heavy atom. The third-order valence-corrected chi connectivity index (χ3v) is 5.43. The molecule has 0 saturated carbocycles. The number of nitrogens with zero attached hydrogens (tertiary/aromatic N) is 1. The van der Waals surface area contributed by atoms with Crippen molar-refractivity contribution in [1.82, 2.24) is 4.98 Å². The van der Waals surface area contributed by atoms with Gasteiger partial charge < -0.3 is 13.9 Å². The minimum atomic E-state index is -0.464. The highest BCUT2D eigenvalue weighted by Gasteiger charge is 2.13. The van der Waals surface area contributed by atoms with Crippen LogP contribution in [-0.2, 0) is 4.79 Å². The van der Waals surface area contributed by atoms with Crippen molar-refractivity contribution < 1.29 is 18.7 Å². The first-order valence-corrected chi connectivity index (χ1v) is 9.73. The fourth-order valence-corrected chi connectivity index (χ4v) is 3.94. The first-order chi connectivity index (χ1) is 13.9. The van der Waals surface area contributed by atoms with Gasteiger partial charge in [0.2, 0.25) is 0 Å². The summed E-state index contributed by atoms with van der Waals surface area (Å²) in [6.07, 6.45) is 0. The van der Waals surface area contributed by atoms with Gasteiger partial charge in [-0.25, -0.2) is 9.78 Å². The van der Waals surface area contributed by atoms with E-state index in [0.717, 1.165) is 21.5 Å². The summed E-state index contributed by atoms with van der Waals surface area (Å²) in [6.45, 7) is 1.51. The first kappa shape index (κ1) is 19.2. The molecule has 0 bridgehead atoms. The number of benzene rings is 2. The molecule has 0 aliphatic carbocycles. The van der Waals surface area contributed by atoms with Crippen LogP contribution in [0, 0.1) is 6.92 Å². The lowest BCUT2D eigenvalue weighted by Gasteiger charge is -2.09. The molecule has 0 spiro atoms.